The van der Waals surface area contributed by atoms with E-state index in [9.17, 15) is 4.39 Å². The van der Waals surface area contributed by atoms with Crippen molar-refractivity contribution in [2.24, 2.45) is 11.7 Å². The minimum atomic E-state index is -0.454. The Morgan fingerprint density at radius 3 is 2.80 bits per heavy atom. The second-order valence-corrected chi connectivity index (χ2v) is 3.77. The minimum absolute atomic E-state index is 0.0838. The van der Waals surface area contributed by atoms with Gasteiger partial charge >= 0.3 is 6.01 Å². The zero-order chi connectivity index (χ0) is 10.7. The van der Waals surface area contributed by atoms with E-state index in [0.717, 1.165) is 31.7 Å². The first kappa shape index (κ1) is 10.3. The highest BCUT2D eigenvalue weighted by molar-refractivity contribution is 4.97. The topological polar surface area (TPSA) is 61.0 Å². The van der Waals surface area contributed by atoms with Crippen LogP contribution in [0, 0.1) is 11.7 Å². The molecule has 0 saturated heterocycles. The Labute approximate surface area is 87.7 Å². The van der Waals surface area contributed by atoms with E-state index in [1.807, 2.05) is 0 Å². The first-order valence-electron chi connectivity index (χ1n) is 5.14. The van der Waals surface area contributed by atoms with Crippen LogP contribution >= 0.6 is 0 Å². The zero-order valence-electron chi connectivity index (χ0n) is 8.40. The Hall–Kier alpha value is -1.23. The summed E-state index contributed by atoms with van der Waals surface area (Å²) >= 11 is 0. The van der Waals surface area contributed by atoms with Crippen LogP contribution in [0.25, 0.3) is 0 Å². The van der Waals surface area contributed by atoms with Gasteiger partial charge in [0, 0.05) is 5.92 Å². The molecule has 5 heteroatoms. The molecule has 1 aliphatic carbocycles. The van der Waals surface area contributed by atoms with Crippen molar-refractivity contribution in [3.63, 3.8) is 0 Å². The highest BCUT2D eigenvalue weighted by Crippen LogP contribution is 2.27. The molecule has 0 spiro atoms. The number of halogens is 1. The Morgan fingerprint density at radius 2 is 2.13 bits per heavy atom. The molecule has 0 aliphatic heterocycles. The van der Waals surface area contributed by atoms with Gasteiger partial charge < -0.3 is 10.5 Å². The van der Waals surface area contributed by atoms with Crippen molar-refractivity contribution in [1.82, 2.24) is 9.97 Å². The van der Waals surface area contributed by atoms with Crippen molar-refractivity contribution in [3.8, 4) is 6.01 Å². The van der Waals surface area contributed by atoms with Crippen molar-refractivity contribution < 1.29 is 9.13 Å². The molecule has 1 saturated carbocycles. The van der Waals surface area contributed by atoms with Crippen LogP contribution in [0.3, 0.4) is 0 Å². The highest BCUT2D eigenvalue weighted by Gasteiger charge is 2.28. The summed E-state index contributed by atoms with van der Waals surface area (Å²) in [6, 6.07) is 0.238. The van der Waals surface area contributed by atoms with Gasteiger partial charge in [-0.2, -0.15) is 0 Å². The molecular formula is C10H14FN3O. The quantitative estimate of drug-likeness (QED) is 0.813. The van der Waals surface area contributed by atoms with Crippen LogP contribution in [0.1, 0.15) is 19.3 Å². The Kier molecular flexibility index (Phi) is 3.11. The van der Waals surface area contributed by atoms with E-state index >= 15 is 0 Å². The molecule has 4 nitrogen and oxygen atoms in total. The largest absolute Gasteiger partial charge is 0.460 e. The number of hydrogen-bond acceptors (Lipinski definition) is 4. The third kappa shape index (κ3) is 2.41. The van der Waals surface area contributed by atoms with E-state index in [2.05, 4.69) is 9.97 Å². The third-order valence-corrected chi connectivity index (χ3v) is 2.75. The normalized spacial score (nSPS) is 25.5. The van der Waals surface area contributed by atoms with E-state index in [4.69, 9.17) is 10.5 Å². The van der Waals surface area contributed by atoms with Crippen LogP contribution in [0.4, 0.5) is 4.39 Å². The van der Waals surface area contributed by atoms with Gasteiger partial charge in [0.05, 0.1) is 12.4 Å². The monoisotopic (exact) mass is 211 g/mol. The van der Waals surface area contributed by atoms with Crippen LogP contribution in [0.2, 0.25) is 0 Å². The van der Waals surface area contributed by atoms with E-state index in [1.165, 1.54) is 0 Å². The molecule has 0 bridgehead atoms. The fourth-order valence-electron chi connectivity index (χ4n) is 1.92. The Balaban J connectivity index is 1.99. The first-order chi connectivity index (χ1) is 7.29. The molecule has 82 valence electrons. The Bertz CT molecular complexity index is 317. The van der Waals surface area contributed by atoms with Gasteiger partial charge in [-0.1, -0.05) is 0 Å². The lowest BCUT2D eigenvalue weighted by Gasteiger charge is -2.17. The minimum Gasteiger partial charge on any atom is -0.460 e. The van der Waals surface area contributed by atoms with Crippen molar-refractivity contribution in [3.05, 3.63) is 18.2 Å². The summed E-state index contributed by atoms with van der Waals surface area (Å²) in [6.07, 6.45) is 5.47. The summed E-state index contributed by atoms with van der Waals surface area (Å²) in [5.41, 5.74) is 5.62. The molecule has 1 aromatic rings. The zero-order valence-corrected chi connectivity index (χ0v) is 8.40. The maximum atomic E-state index is 12.5. The van der Waals surface area contributed by atoms with Gasteiger partial charge in [-0.05, 0) is 25.8 Å². The SMILES string of the molecule is NCC1CCCC1Oc1ncc(F)cn1. The van der Waals surface area contributed by atoms with Gasteiger partial charge in [-0.3, -0.25) is 0 Å². The van der Waals surface area contributed by atoms with Gasteiger partial charge in [0.15, 0.2) is 5.82 Å². The lowest BCUT2D eigenvalue weighted by Crippen LogP contribution is -2.28. The highest BCUT2D eigenvalue weighted by atomic mass is 19.1. The van der Waals surface area contributed by atoms with Crippen molar-refractivity contribution in [2.45, 2.75) is 25.4 Å². The van der Waals surface area contributed by atoms with Gasteiger partial charge in [-0.25, -0.2) is 14.4 Å². The van der Waals surface area contributed by atoms with Crippen molar-refractivity contribution >= 4 is 0 Å². The molecule has 0 amide bonds. The van der Waals surface area contributed by atoms with Crippen LogP contribution in [0.15, 0.2) is 12.4 Å². The summed E-state index contributed by atoms with van der Waals surface area (Å²) < 4.78 is 18.1. The molecule has 0 radical (unpaired) electrons. The molecule has 1 heterocycles. The number of hydrogen-bond donors (Lipinski definition) is 1. The smallest absolute Gasteiger partial charge is 0.316 e. The predicted molar refractivity (Wildman–Crippen MR) is 52.8 cm³/mol. The number of aromatic nitrogens is 2. The second kappa shape index (κ2) is 4.53. The van der Waals surface area contributed by atoms with Gasteiger partial charge in [-0.15, -0.1) is 0 Å². The van der Waals surface area contributed by atoms with E-state index in [0.29, 0.717) is 12.5 Å². The first-order valence-corrected chi connectivity index (χ1v) is 5.14. The number of nitrogens with two attached hydrogens (primary N) is 1. The van der Waals surface area contributed by atoms with Crippen molar-refractivity contribution in [1.29, 1.82) is 0 Å². The number of nitrogens with zero attached hydrogens (tertiary/aromatic N) is 2. The van der Waals surface area contributed by atoms with Gasteiger partial charge in [0.2, 0.25) is 0 Å². The van der Waals surface area contributed by atoms with Gasteiger partial charge in [0.25, 0.3) is 0 Å². The molecule has 2 unspecified atom stereocenters. The molecule has 1 fully saturated rings. The maximum Gasteiger partial charge on any atom is 0.316 e. The summed E-state index contributed by atoms with van der Waals surface area (Å²) in [6.45, 7) is 0.617. The average molecular weight is 211 g/mol. The maximum absolute atomic E-state index is 12.5. The lowest BCUT2D eigenvalue weighted by molar-refractivity contribution is 0.147. The second-order valence-electron chi connectivity index (χ2n) is 3.77. The summed E-state index contributed by atoms with van der Waals surface area (Å²) in [7, 11) is 0. The molecule has 1 aromatic heterocycles. The molecule has 2 N–H and O–H groups in total. The fourth-order valence-corrected chi connectivity index (χ4v) is 1.92. The summed E-state index contributed by atoms with van der Waals surface area (Å²) in [5, 5.41) is 0. The summed E-state index contributed by atoms with van der Waals surface area (Å²) in [4.78, 5) is 7.52. The molecule has 15 heavy (non-hydrogen) atoms. The average Bonchev–Trinajstić information content (AvgIpc) is 2.69. The number of rotatable bonds is 3. The predicted octanol–water partition coefficient (Wildman–Crippen LogP) is 1.12. The van der Waals surface area contributed by atoms with E-state index in [1.54, 1.807) is 0 Å². The molecule has 0 aromatic carbocycles. The fraction of sp³-hybridized carbons (Fsp3) is 0.600. The van der Waals surface area contributed by atoms with Gasteiger partial charge in [0.1, 0.15) is 6.10 Å². The lowest BCUT2D eigenvalue weighted by atomic mass is 10.1. The third-order valence-electron chi connectivity index (χ3n) is 2.75. The standard InChI is InChI=1S/C10H14FN3O/c11-8-5-13-10(14-6-8)15-9-3-1-2-7(9)4-12/h5-7,9H,1-4,12H2. The van der Waals surface area contributed by atoms with Crippen LogP contribution in [-0.2, 0) is 0 Å². The summed E-state index contributed by atoms with van der Waals surface area (Å²) in [5.74, 6) is -0.0807. The Morgan fingerprint density at radius 1 is 1.40 bits per heavy atom. The molecular weight excluding hydrogens is 197 g/mol. The molecule has 2 atom stereocenters. The number of ether oxygens (including phenoxy) is 1. The van der Waals surface area contributed by atoms with Crippen LogP contribution in [0.5, 0.6) is 6.01 Å². The van der Waals surface area contributed by atoms with Crippen LogP contribution < -0.4 is 10.5 Å². The van der Waals surface area contributed by atoms with Crippen LogP contribution in [-0.4, -0.2) is 22.6 Å². The molecule has 1 aliphatic rings. The van der Waals surface area contributed by atoms with E-state index in [-0.39, 0.29) is 12.1 Å². The van der Waals surface area contributed by atoms with E-state index < -0.39 is 5.82 Å². The molecule has 2 rings (SSSR count). The van der Waals surface area contributed by atoms with Crippen molar-refractivity contribution in [2.75, 3.05) is 6.54 Å².